The molecular formula is C25H25FN2O4. The highest BCUT2D eigenvalue weighted by molar-refractivity contribution is 6.04. The van der Waals surface area contributed by atoms with E-state index in [1.54, 1.807) is 30.3 Å². The number of ether oxygens (including phenoxy) is 2. The zero-order valence-electron chi connectivity index (χ0n) is 18.1. The molecular weight excluding hydrogens is 411 g/mol. The van der Waals surface area contributed by atoms with E-state index in [0.29, 0.717) is 34.9 Å². The Hall–Kier alpha value is -3.87. The molecule has 0 radical (unpaired) electrons. The summed E-state index contributed by atoms with van der Waals surface area (Å²) >= 11 is 0. The minimum atomic E-state index is -0.398. The second-order valence-corrected chi connectivity index (χ2v) is 7.08. The van der Waals surface area contributed by atoms with Gasteiger partial charge in [-0.05, 0) is 74.0 Å². The Bertz CT molecular complexity index is 1080. The van der Waals surface area contributed by atoms with Crippen LogP contribution in [0.15, 0.2) is 66.7 Å². The number of rotatable bonds is 8. The topological polar surface area (TPSA) is 76.7 Å². The van der Waals surface area contributed by atoms with E-state index in [9.17, 15) is 14.0 Å². The first-order chi connectivity index (χ1) is 15.4. The minimum Gasteiger partial charge on any atom is -0.493 e. The van der Waals surface area contributed by atoms with Crippen molar-refractivity contribution in [1.29, 1.82) is 0 Å². The maximum atomic E-state index is 13.0. The lowest BCUT2D eigenvalue weighted by molar-refractivity contribution is 0.0938. The fourth-order valence-electron chi connectivity index (χ4n) is 3.11. The van der Waals surface area contributed by atoms with Crippen molar-refractivity contribution in [1.82, 2.24) is 5.32 Å². The summed E-state index contributed by atoms with van der Waals surface area (Å²) in [5.74, 6) is 0.105. The van der Waals surface area contributed by atoms with Crippen molar-refractivity contribution in [3.05, 3.63) is 89.2 Å². The molecule has 3 aromatic carbocycles. The summed E-state index contributed by atoms with van der Waals surface area (Å²) in [7, 11) is 1.53. The van der Waals surface area contributed by atoms with Crippen LogP contribution in [0.25, 0.3) is 0 Å². The predicted molar refractivity (Wildman–Crippen MR) is 121 cm³/mol. The molecule has 0 aliphatic carbocycles. The zero-order valence-corrected chi connectivity index (χ0v) is 18.1. The molecule has 0 heterocycles. The van der Waals surface area contributed by atoms with Crippen LogP contribution < -0.4 is 20.1 Å². The number of methoxy groups -OCH3 is 1. The highest BCUT2D eigenvalue weighted by Crippen LogP contribution is 2.28. The minimum absolute atomic E-state index is 0.243. The molecule has 7 heteroatoms. The summed E-state index contributed by atoms with van der Waals surface area (Å²) in [5.41, 5.74) is 2.29. The average molecular weight is 436 g/mol. The molecule has 0 saturated carbocycles. The molecule has 1 atom stereocenters. The number of hydrogen-bond donors (Lipinski definition) is 2. The third kappa shape index (κ3) is 5.63. The lowest BCUT2D eigenvalue weighted by Gasteiger charge is -2.16. The molecule has 32 heavy (non-hydrogen) atoms. The molecule has 6 nitrogen and oxygen atoms in total. The molecule has 0 spiro atoms. The van der Waals surface area contributed by atoms with Crippen molar-refractivity contribution < 1.29 is 23.5 Å². The lowest BCUT2D eigenvalue weighted by Crippen LogP contribution is -2.26. The van der Waals surface area contributed by atoms with Crippen LogP contribution in [0.1, 0.15) is 46.2 Å². The Kier molecular flexibility index (Phi) is 7.44. The van der Waals surface area contributed by atoms with Gasteiger partial charge in [-0.25, -0.2) is 4.39 Å². The van der Waals surface area contributed by atoms with Crippen LogP contribution >= 0.6 is 0 Å². The lowest BCUT2D eigenvalue weighted by atomic mass is 10.1. The molecule has 3 aromatic rings. The van der Waals surface area contributed by atoms with Gasteiger partial charge in [0.05, 0.1) is 19.8 Å². The van der Waals surface area contributed by atoms with Gasteiger partial charge in [-0.2, -0.15) is 0 Å². The van der Waals surface area contributed by atoms with Gasteiger partial charge in [0.2, 0.25) is 0 Å². The first-order valence-corrected chi connectivity index (χ1v) is 10.2. The van der Waals surface area contributed by atoms with E-state index in [2.05, 4.69) is 10.6 Å². The third-order valence-corrected chi connectivity index (χ3v) is 4.85. The molecule has 0 aromatic heterocycles. The summed E-state index contributed by atoms with van der Waals surface area (Å²) in [6, 6.07) is 17.2. The quantitative estimate of drug-likeness (QED) is 0.522. The second kappa shape index (κ2) is 10.4. The summed E-state index contributed by atoms with van der Waals surface area (Å²) in [6.45, 7) is 4.25. The van der Waals surface area contributed by atoms with E-state index in [1.165, 1.54) is 31.4 Å². The standard InChI is InChI=1S/C25H25FN2O4/c1-4-32-22-14-9-19(15-23(22)31-3)25(30)27-16(2)17-7-12-21(13-8-17)28-24(29)18-5-10-20(26)11-6-18/h5-16H,4H2,1-3H3,(H,27,30)(H,28,29). The average Bonchev–Trinajstić information content (AvgIpc) is 2.80. The van der Waals surface area contributed by atoms with Gasteiger partial charge < -0.3 is 20.1 Å². The van der Waals surface area contributed by atoms with E-state index in [4.69, 9.17) is 9.47 Å². The maximum absolute atomic E-state index is 13.0. The first-order valence-electron chi connectivity index (χ1n) is 10.2. The second-order valence-electron chi connectivity index (χ2n) is 7.08. The largest absolute Gasteiger partial charge is 0.493 e. The molecule has 1 unspecified atom stereocenters. The van der Waals surface area contributed by atoms with Crippen LogP contribution in [0.5, 0.6) is 11.5 Å². The number of anilines is 1. The first kappa shape index (κ1) is 22.8. The van der Waals surface area contributed by atoms with Crippen molar-refractivity contribution in [2.24, 2.45) is 0 Å². The molecule has 0 fully saturated rings. The molecule has 0 bridgehead atoms. The van der Waals surface area contributed by atoms with E-state index >= 15 is 0 Å². The normalized spacial score (nSPS) is 11.4. The number of benzene rings is 3. The highest BCUT2D eigenvalue weighted by Gasteiger charge is 2.15. The SMILES string of the molecule is CCOc1ccc(C(=O)NC(C)c2ccc(NC(=O)c3ccc(F)cc3)cc2)cc1OC. The fraction of sp³-hybridized carbons (Fsp3) is 0.200. The van der Waals surface area contributed by atoms with Gasteiger partial charge >= 0.3 is 0 Å². The predicted octanol–water partition coefficient (Wildman–Crippen LogP) is 4.98. The molecule has 0 aliphatic rings. The van der Waals surface area contributed by atoms with Crippen molar-refractivity contribution in [2.75, 3.05) is 19.0 Å². The summed E-state index contributed by atoms with van der Waals surface area (Å²) < 4.78 is 23.8. The van der Waals surface area contributed by atoms with Gasteiger partial charge in [-0.15, -0.1) is 0 Å². The fourth-order valence-corrected chi connectivity index (χ4v) is 3.11. The van der Waals surface area contributed by atoms with Crippen LogP contribution in [0.4, 0.5) is 10.1 Å². The van der Waals surface area contributed by atoms with Gasteiger partial charge in [0.1, 0.15) is 5.82 Å². The van der Waals surface area contributed by atoms with Crippen LogP contribution in [0.3, 0.4) is 0 Å². The molecule has 166 valence electrons. The van der Waals surface area contributed by atoms with E-state index < -0.39 is 5.82 Å². The Balaban J connectivity index is 1.63. The van der Waals surface area contributed by atoms with E-state index in [-0.39, 0.29) is 17.9 Å². The van der Waals surface area contributed by atoms with Gasteiger partial charge in [-0.1, -0.05) is 12.1 Å². The monoisotopic (exact) mass is 436 g/mol. The van der Waals surface area contributed by atoms with Crippen molar-refractivity contribution >= 4 is 17.5 Å². The summed E-state index contributed by atoms with van der Waals surface area (Å²) in [5, 5.41) is 5.71. The molecule has 3 rings (SSSR count). The third-order valence-electron chi connectivity index (χ3n) is 4.85. The van der Waals surface area contributed by atoms with E-state index in [1.807, 2.05) is 26.0 Å². The Morgan fingerprint density at radius 1 is 0.906 bits per heavy atom. The smallest absolute Gasteiger partial charge is 0.255 e. The maximum Gasteiger partial charge on any atom is 0.255 e. The van der Waals surface area contributed by atoms with Gasteiger partial charge in [0.25, 0.3) is 11.8 Å². The Morgan fingerprint density at radius 3 is 2.19 bits per heavy atom. The van der Waals surface area contributed by atoms with Gasteiger partial charge in [-0.3, -0.25) is 9.59 Å². The molecule has 2 amide bonds. The Labute approximate surface area is 186 Å². The van der Waals surface area contributed by atoms with Crippen LogP contribution in [0, 0.1) is 5.82 Å². The van der Waals surface area contributed by atoms with Crippen LogP contribution in [-0.4, -0.2) is 25.5 Å². The van der Waals surface area contributed by atoms with E-state index in [0.717, 1.165) is 5.56 Å². The number of nitrogens with one attached hydrogen (secondary N) is 2. The molecule has 2 N–H and O–H groups in total. The van der Waals surface area contributed by atoms with Crippen molar-refractivity contribution in [3.63, 3.8) is 0 Å². The molecule has 0 saturated heterocycles. The summed E-state index contributed by atoms with van der Waals surface area (Å²) in [6.07, 6.45) is 0. The van der Waals surface area contributed by atoms with Gasteiger partial charge in [0, 0.05) is 16.8 Å². The zero-order chi connectivity index (χ0) is 23.1. The van der Waals surface area contributed by atoms with Crippen molar-refractivity contribution in [3.8, 4) is 11.5 Å². The van der Waals surface area contributed by atoms with Crippen LogP contribution in [-0.2, 0) is 0 Å². The number of carbonyl (C=O) groups excluding carboxylic acids is 2. The number of hydrogen-bond acceptors (Lipinski definition) is 4. The molecule has 0 aliphatic heterocycles. The Morgan fingerprint density at radius 2 is 1.56 bits per heavy atom. The van der Waals surface area contributed by atoms with Gasteiger partial charge in [0.15, 0.2) is 11.5 Å². The highest BCUT2D eigenvalue weighted by atomic mass is 19.1. The number of amides is 2. The van der Waals surface area contributed by atoms with Crippen LogP contribution in [0.2, 0.25) is 0 Å². The van der Waals surface area contributed by atoms with Crippen molar-refractivity contribution in [2.45, 2.75) is 19.9 Å². The number of carbonyl (C=O) groups is 2. The number of halogens is 1. The summed E-state index contributed by atoms with van der Waals surface area (Å²) in [4.78, 5) is 24.9.